The van der Waals surface area contributed by atoms with Crippen molar-refractivity contribution >= 4 is 17.9 Å². The van der Waals surface area contributed by atoms with Gasteiger partial charge in [-0.1, -0.05) is 12.1 Å². The van der Waals surface area contributed by atoms with E-state index in [-0.39, 0.29) is 25.5 Å². The second-order valence-corrected chi connectivity index (χ2v) is 5.99. The van der Waals surface area contributed by atoms with Crippen LogP contribution < -0.4 is 10.6 Å². The van der Waals surface area contributed by atoms with Crippen LogP contribution in [0.3, 0.4) is 0 Å². The fraction of sp³-hybridized carbons (Fsp3) is 0.471. The fourth-order valence-electron chi connectivity index (χ4n) is 2.56. The number of benzene rings is 1. The predicted octanol–water partition coefficient (Wildman–Crippen LogP) is 1.65. The lowest BCUT2D eigenvalue weighted by Crippen LogP contribution is -2.39. The van der Waals surface area contributed by atoms with E-state index in [4.69, 9.17) is 0 Å². The summed E-state index contributed by atoms with van der Waals surface area (Å²) in [5.41, 5.74) is 0.00763. The first-order valence-corrected chi connectivity index (χ1v) is 8.46. The Labute approximate surface area is 155 Å². The molecule has 1 saturated heterocycles. The van der Waals surface area contributed by atoms with Crippen LogP contribution in [0.15, 0.2) is 29.3 Å². The second kappa shape index (κ2) is 8.74. The Morgan fingerprint density at radius 3 is 2.48 bits per heavy atom. The smallest absolute Gasteiger partial charge is 0.357 e. The van der Waals surface area contributed by atoms with Crippen molar-refractivity contribution in [2.45, 2.75) is 19.6 Å². The van der Waals surface area contributed by atoms with Crippen LogP contribution in [0, 0.1) is 0 Å². The second-order valence-electron chi connectivity index (χ2n) is 5.99. The molecule has 0 radical (unpaired) electrons. The van der Waals surface area contributed by atoms with Gasteiger partial charge in [0, 0.05) is 20.1 Å². The number of hydrogen-bond acceptors (Lipinski definition) is 3. The van der Waals surface area contributed by atoms with E-state index in [2.05, 4.69) is 15.6 Å². The van der Waals surface area contributed by atoms with E-state index in [0.29, 0.717) is 24.6 Å². The minimum Gasteiger partial charge on any atom is -0.357 e. The number of alkyl halides is 3. The minimum absolute atomic E-state index is 0.00353. The quantitative estimate of drug-likeness (QED) is 0.444. The number of halogens is 3. The van der Waals surface area contributed by atoms with Gasteiger partial charge in [-0.05, 0) is 24.6 Å². The first-order chi connectivity index (χ1) is 12.7. The van der Waals surface area contributed by atoms with Crippen molar-refractivity contribution in [3.63, 3.8) is 0 Å². The Kier molecular flexibility index (Phi) is 6.65. The van der Waals surface area contributed by atoms with E-state index >= 15 is 0 Å². The summed E-state index contributed by atoms with van der Waals surface area (Å²) in [5.74, 6) is 0.239. The predicted molar refractivity (Wildman–Crippen MR) is 94.0 cm³/mol. The highest BCUT2D eigenvalue weighted by atomic mass is 19.4. The van der Waals surface area contributed by atoms with Crippen LogP contribution in [-0.2, 0) is 17.5 Å². The van der Waals surface area contributed by atoms with E-state index in [9.17, 15) is 22.8 Å². The van der Waals surface area contributed by atoms with Gasteiger partial charge in [0.2, 0.25) is 5.91 Å². The summed E-state index contributed by atoms with van der Waals surface area (Å²) in [7, 11) is 1.76. The summed E-state index contributed by atoms with van der Waals surface area (Å²) in [6.07, 6.45) is -4.36. The third-order valence-electron chi connectivity index (χ3n) is 3.92. The molecule has 2 N–H and O–H groups in total. The van der Waals surface area contributed by atoms with E-state index in [1.807, 2.05) is 6.92 Å². The van der Waals surface area contributed by atoms with Gasteiger partial charge in [-0.3, -0.25) is 14.7 Å². The Morgan fingerprint density at radius 1 is 1.30 bits per heavy atom. The Balaban J connectivity index is 1.98. The Bertz CT molecular complexity index is 688. The Morgan fingerprint density at radius 2 is 1.96 bits per heavy atom. The van der Waals surface area contributed by atoms with Crippen LogP contribution in [0.5, 0.6) is 0 Å². The average Bonchev–Trinajstić information content (AvgIpc) is 2.92. The molecule has 0 spiro atoms. The number of guanidine groups is 1. The van der Waals surface area contributed by atoms with Gasteiger partial charge in [0.05, 0.1) is 25.2 Å². The molecule has 1 aromatic carbocycles. The van der Waals surface area contributed by atoms with Crippen LogP contribution in [0.4, 0.5) is 18.0 Å². The zero-order valence-corrected chi connectivity index (χ0v) is 15.1. The summed E-state index contributed by atoms with van der Waals surface area (Å²) in [6.45, 7) is 3.22. The number of nitrogens with zero attached hydrogens (tertiary/aromatic N) is 3. The molecule has 1 aromatic rings. The summed E-state index contributed by atoms with van der Waals surface area (Å²) in [5, 5.41) is 5.51. The van der Waals surface area contributed by atoms with Crippen LogP contribution in [-0.4, -0.2) is 60.9 Å². The first-order valence-electron chi connectivity index (χ1n) is 8.46. The zero-order valence-electron chi connectivity index (χ0n) is 15.1. The van der Waals surface area contributed by atoms with Gasteiger partial charge in [-0.25, -0.2) is 4.79 Å². The molecule has 148 valence electrons. The highest BCUT2D eigenvalue weighted by molar-refractivity contribution is 6.01. The van der Waals surface area contributed by atoms with E-state index in [0.717, 1.165) is 17.0 Å². The highest BCUT2D eigenvalue weighted by Crippen LogP contribution is 2.29. The molecule has 1 heterocycles. The Hall–Kier alpha value is -2.78. The molecule has 0 aromatic heterocycles. The molecule has 0 atom stereocenters. The molecule has 2 rings (SSSR count). The normalized spacial score (nSPS) is 15.1. The van der Waals surface area contributed by atoms with Crippen molar-refractivity contribution in [3.8, 4) is 0 Å². The largest absolute Gasteiger partial charge is 0.416 e. The molecule has 27 heavy (non-hydrogen) atoms. The number of carbonyl (C=O) groups excluding carboxylic acids is 2. The van der Waals surface area contributed by atoms with Gasteiger partial charge in [-0.15, -0.1) is 0 Å². The SMILES string of the molecule is CCNC(=NCCN1C(=O)CNC1=O)N(C)Cc1ccc(C(F)(F)F)cc1. The van der Waals surface area contributed by atoms with Gasteiger partial charge < -0.3 is 15.5 Å². The third kappa shape index (κ3) is 5.60. The molecule has 1 aliphatic rings. The number of urea groups is 1. The lowest BCUT2D eigenvalue weighted by Gasteiger charge is -2.22. The number of hydrogen-bond donors (Lipinski definition) is 2. The topological polar surface area (TPSA) is 77.0 Å². The van der Waals surface area contributed by atoms with Gasteiger partial charge in [0.25, 0.3) is 0 Å². The third-order valence-corrected chi connectivity index (χ3v) is 3.92. The number of aliphatic imine (C=N–C) groups is 1. The van der Waals surface area contributed by atoms with Gasteiger partial charge in [0.1, 0.15) is 0 Å². The van der Waals surface area contributed by atoms with Gasteiger partial charge in [-0.2, -0.15) is 13.2 Å². The van der Waals surface area contributed by atoms with Crippen molar-refractivity contribution in [1.82, 2.24) is 20.4 Å². The molecular formula is C17H22F3N5O2. The fourth-order valence-corrected chi connectivity index (χ4v) is 2.56. The van der Waals surface area contributed by atoms with E-state index < -0.39 is 17.8 Å². The number of nitrogens with one attached hydrogen (secondary N) is 2. The number of carbonyl (C=O) groups is 2. The summed E-state index contributed by atoms with van der Waals surface area (Å²) >= 11 is 0. The summed E-state index contributed by atoms with van der Waals surface area (Å²) in [6, 6.07) is 4.51. The molecule has 0 unspecified atom stereocenters. The lowest BCUT2D eigenvalue weighted by molar-refractivity contribution is -0.137. The first kappa shape index (κ1) is 20.5. The molecule has 0 saturated carbocycles. The maximum Gasteiger partial charge on any atom is 0.416 e. The van der Waals surface area contributed by atoms with E-state index in [1.165, 1.54) is 12.1 Å². The van der Waals surface area contributed by atoms with Crippen molar-refractivity contribution < 1.29 is 22.8 Å². The van der Waals surface area contributed by atoms with Gasteiger partial charge in [0.15, 0.2) is 5.96 Å². The number of imide groups is 1. The number of amides is 3. The monoisotopic (exact) mass is 385 g/mol. The molecular weight excluding hydrogens is 363 g/mol. The molecule has 1 fully saturated rings. The zero-order chi connectivity index (χ0) is 20.0. The van der Waals surface area contributed by atoms with E-state index in [1.54, 1.807) is 11.9 Å². The van der Waals surface area contributed by atoms with Crippen LogP contribution in [0.25, 0.3) is 0 Å². The molecule has 10 heteroatoms. The van der Waals surface area contributed by atoms with Crippen LogP contribution in [0.1, 0.15) is 18.1 Å². The van der Waals surface area contributed by atoms with Crippen molar-refractivity contribution in [3.05, 3.63) is 35.4 Å². The summed E-state index contributed by atoms with van der Waals surface area (Å²) in [4.78, 5) is 30.3. The van der Waals surface area contributed by atoms with Crippen molar-refractivity contribution in [2.75, 3.05) is 33.2 Å². The summed E-state index contributed by atoms with van der Waals surface area (Å²) < 4.78 is 37.9. The van der Waals surface area contributed by atoms with Crippen molar-refractivity contribution in [1.29, 1.82) is 0 Å². The molecule has 0 aliphatic carbocycles. The minimum atomic E-state index is -4.36. The molecule has 3 amide bonds. The molecule has 0 bridgehead atoms. The molecule has 7 nitrogen and oxygen atoms in total. The maximum absolute atomic E-state index is 12.6. The van der Waals surface area contributed by atoms with Crippen LogP contribution >= 0.6 is 0 Å². The standard InChI is InChI=1S/C17H22F3N5O2/c1-3-21-15(22-8-9-25-14(26)10-23-16(25)27)24(2)11-12-4-6-13(7-5-12)17(18,19)20/h4-7H,3,8-11H2,1-2H3,(H,21,22)(H,23,27). The maximum atomic E-state index is 12.6. The van der Waals surface area contributed by atoms with Crippen LogP contribution in [0.2, 0.25) is 0 Å². The number of rotatable bonds is 6. The molecule has 1 aliphatic heterocycles. The average molecular weight is 385 g/mol. The lowest BCUT2D eigenvalue weighted by atomic mass is 10.1. The van der Waals surface area contributed by atoms with Gasteiger partial charge >= 0.3 is 12.2 Å². The highest BCUT2D eigenvalue weighted by Gasteiger charge is 2.30. The van der Waals surface area contributed by atoms with Crippen molar-refractivity contribution in [2.24, 2.45) is 4.99 Å².